The Morgan fingerprint density at radius 3 is 2.40 bits per heavy atom. The first-order valence-corrected chi connectivity index (χ1v) is 10.1. The van der Waals surface area contributed by atoms with Gasteiger partial charge in [-0.1, -0.05) is 60.1 Å². The lowest BCUT2D eigenvalue weighted by molar-refractivity contribution is 0.0782. The van der Waals surface area contributed by atoms with Gasteiger partial charge in [0.2, 0.25) is 0 Å². The Labute approximate surface area is 180 Å². The van der Waals surface area contributed by atoms with E-state index in [9.17, 15) is 4.79 Å². The molecule has 0 fully saturated rings. The minimum atomic E-state index is -0.129. The van der Waals surface area contributed by atoms with Crippen LogP contribution in [0, 0.1) is 0 Å². The second-order valence-corrected chi connectivity index (χ2v) is 7.36. The van der Waals surface area contributed by atoms with E-state index in [0.717, 1.165) is 16.9 Å². The lowest BCUT2D eigenvalue weighted by atomic mass is 10.1. The topological polar surface area (TPSA) is 56.0 Å². The number of carbonyl (C=O) groups is 1. The Balaban J connectivity index is 1.72. The van der Waals surface area contributed by atoms with Crippen molar-refractivity contribution in [1.82, 2.24) is 24.5 Å². The van der Waals surface area contributed by atoms with Gasteiger partial charge in [0.1, 0.15) is 5.69 Å². The van der Waals surface area contributed by atoms with Crippen molar-refractivity contribution in [3.63, 3.8) is 0 Å². The monoisotopic (exact) mass is 419 g/mol. The zero-order valence-corrected chi connectivity index (χ0v) is 17.6. The molecule has 2 aromatic carbocycles. The molecule has 0 radical (unpaired) electrons. The van der Waals surface area contributed by atoms with Gasteiger partial charge in [-0.3, -0.25) is 9.48 Å². The predicted octanol–water partition coefficient (Wildman–Crippen LogP) is 4.68. The van der Waals surface area contributed by atoms with E-state index < -0.39 is 0 Å². The Kier molecular flexibility index (Phi) is 5.68. The van der Waals surface area contributed by atoms with Crippen molar-refractivity contribution in [2.45, 2.75) is 20.0 Å². The van der Waals surface area contributed by atoms with E-state index in [1.165, 1.54) is 0 Å². The number of aryl methyl sites for hydroxylation is 1. The first kappa shape index (κ1) is 19.9. The average Bonchev–Trinajstić information content (AvgIpc) is 3.38. The number of halogens is 1. The highest BCUT2D eigenvalue weighted by Gasteiger charge is 2.23. The normalized spacial score (nSPS) is 10.9. The molecule has 0 spiro atoms. The summed E-state index contributed by atoms with van der Waals surface area (Å²) in [7, 11) is 1.76. The quantitative estimate of drug-likeness (QED) is 0.456. The highest BCUT2D eigenvalue weighted by atomic mass is 35.5. The van der Waals surface area contributed by atoms with Gasteiger partial charge in [-0.05, 0) is 19.1 Å². The summed E-state index contributed by atoms with van der Waals surface area (Å²) in [6.45, 7) is 3.04. The molecule has 0 bridgehead atoms. The standard InChI is InChI=1S/C23H22ClN5O/c1-3-28-21(20(24)14-25-28)16-27(2)23(30)19-15-29(18-12-8-5-9-13-18)26-22(19)17-10-6-4-7-11-17/h4-15H,3,16H2,1-2H3. The van der Waals surface area contributed by atoms with Crippen LogP contribution in [-0.4, -0.2) is 37.4 Å². The van der Waals surface area contributed by atoms with Crippen LogP contribution in [0.5, 0.6) is 0 Å². The molecule has 0 atom stereocenters. The van der Waals surface area contributed by atoms with Gasteiger partial charge in [0, 0.05) is 25.4 Å². The van der Waals surface area contributed by atoms with E-state index in [1.807, 2.05) is 67.6 Å². The summed E-state index contributed by atoms with van der Waals surface area (Å²) < 4.78 is 3.55. The first-order chi connectivity index (χ1) is 14.6. The Hall–Kier alpha value is -3.38. The molecular formula is C23H22ClN5O. The molecule has 2 aromatic heterocycles. The molecular weight excluding hydrogens is 398 g/mol. The summed E-state index contributed by atoms with van der Waals surface area (Å²) in [4.78, 5) is 15.1. The van der Waals surface area contributed by atoms with Crippen LogP contribution in [0.25, 0.3) is 16.9 Å². The zero-order chi connectivity index (χ0) is 21.1. The molecule has 4 rings (SSSR count). The van der Waals surface area contributed by atoms with E-state index >= 15 is 0 Å². The summed E-state index contributed by atoms with van der Waals surface area (Å²) in [5.41, 5.74) is 3.77. The van der Waals surface area contributed by atoms with Crippen molar-refractivity contribution in [2.75, 3.05) is 7.05 Å². The van der Waals surface area contributed by atoms with Gasteiger partial charge in [0.05, 0.1) is 34.7 Å². The van der Waals surface area contributed by atoms with Crippen molar-refractivity contribution < 1.29 is 4.79 Å². The third kappa shape index (κ3) is 3.86. The van der Waals surface area contributed by atoms with E-state index in [-0.39, 0.29) is 5.91 Å². The van der Waals surface area contributed by atoms with Crippen molar-refractivity contribution in [3.8, 4) is 16.9 Å². The summed E-state index contributed by atoms with van der Waals surface area (Å²) in [5, 5.41) is 9.54. The van der Waals surface area contributed by atoms with Gasteiger partial charge in [-0.25, -0.2) is 4.68 Å². The molecule has 0 saturated heterocycles. The summed E-state index contributed by atoms with van der Waals surface area (Å²) >= 11 is 6.29. The lowest BCUT2D eigenvalue weighted by Gasteiger charge is -2.18. The van der Waals surface area contributed by atoms with Gasteiger partial charge in [0.15, 0.2) is 0 Å². The van der Waals surface area contributed by atoms with Crippen molar-refractivity contribution >= 4 is 17.5 Å². The summed E-state index contributed by atoms with van der Waals surface area (Å²) in [6, 6.07) is 19.5. The van der Waals surface area contributed by atoms with Crippen molar-refractivity contribution in [1.29, 1.82) is 0 Å². The molecule has 0 saturated carbocycles. The third-order valence-corrected chi connectivity index (χ3v) is 5.26. The van der Waals surface area contributed by atoms with Gasteiger partial charge in [-0.2, -0.15) is 10.2 Å². The van der Waals surface area contributed by atoms with Crippen LogP contribution in [-0.2, 0) is 13.1 Å². The molecule has 0 unspecified atom stereocenters. The second-order valence-electron chi connectivity index (χ2n) is 6.95. The Bertz CT molecular complexity index is 1150. The zero-order valence-electron chi connectivity index (χ0n) is 16.9. The van der Waals surface area contributed by atoms with E-state index in [4.69, 9.17) is 16.7 Å². The number of carbonyl (C=O) groups excluding carboxylic acids is 1. The number of benzene rings is 2. The van der Waals surface area contributed by atoms with Gasteiger partial charge in [-0.15, -0.1) is 0 Å². The highest BCUT2D eigenvalue weighted by Crippen LogP contribution is 2.26. The molecule has 0 aliphatic carbocycles. The van der Waals surface area contributed by atoms with Crippen LogP contribution in [0.15, 0.2) is 73.1 Å². The van der Waals surface area contributed by atoms with E-state index in [0.29, 0.717) is 29.4 Å². The number of hydrogen-bond donors (Lipinski definition) is 0. The fraction of sp³-hybridized carbons (Fsp3) is 0.174. The Morgan fingerprint density at radius 1 is 1.07 bits per heavy atom. The number of rotatable bonds is 6. The van der Waals surface area contributed by atoms with Gasteiger partial charge >= 0.3 is 0 Å². The number of amides is 1. The molecule has 0 aliphatic rings. The second kappa shape index (κ2) is 8.55. The molecule has 1 amide bonds. The third-order valence-electron chi connectivity index (χ3n) is 4.94. The minimum absolute atomic E-state index is 0.129. The summed E-state index contributed by atoms with van der Waals surface area (Å²) in [5.74, 6) is -0.129. The maximum absolute atomic E-state index is 13.4. The van der Waals surface area contributed by atoms with Gasteiger partial charge < -0.3 is 4.90 Å². The molecule has 4 aromatic rings. The molecule has 6 nitrogen and oxygen atoms in total. The molecule has 0 aliphatic heterocycles. The smallest absolute Gasteiger partial charge is 0.257 e. The van der Waals surface area contributed by atoms with Crippen LogP contribution in [0.1, 0.15) is 23.0 Å². The molecule has 0 N–H and O–H groups in total. The lowest BCUT2D eigenvalue weighted by Crippen LogP contribution is -2.27. The molecule has 152 valence electrons. The van der Waals surface area contributed by atoms with Crippen LogP contribution in [0.4, 0.5) is 0 Å². The number of hydrogen-bond acceptors (Lipinski definition) is 3. The summed E-state index contributed by atoms with van der Waals surface area (Å²) in [6.07, 6.45) is 3.40. The van der Waals surface area contributed by atoms with Crippen molar-refractivity contribution in [2.24, 2.45) is 0 Å². The van der Waals surface area contributed by atoms with Crippen LogP contribution >= 0.6 is 11.6 Å². The van der Waals surface area contributed by atoms with Gasteiger partial charge in [0.25, 0.3) is 5.91 Å². The largest absolute Gasteiger partial charge is 0.336 e. The minimum Gasteiger partial charge on any atom is -0.336 e. The van der Waals surface area contributed by atoms with Crippen molar-refractivity contribution in [3.05, 3.63) is 89.3 Å². The molecule has 2 heterocycles. The first-order valence-electron chi connectivity index (χ1n) is 9.74. The maximum atomic E-state index is 13.4. The van der Waals surface area contributed by atoms with Crippen LogP contribution in [0.2, 0.25) is 5.02 Å². The number of aromatic nitrogens is 4. The Morgan fingerprint density at radius 2 is 1.73 bits per heavy atom. The SMILES string of the molecule is CCn1ncc(Cl)c1CN(C)C(=O)c1cn(-c2ccccc2)nc1-c1ccccc1. The predicted molar refractivity (Wildman–Crippen MR) is 118 cm³/mol. The number of nitrogens with zero attached hydrogens (tertiary/aromatic N) is 5. The van der Waals surface area contributed by atoms with E-state index in [1.54, 1.807) is 33.7 Å². The highest BCUT2D eigenvalue weighted by molar-refractivity contribution is 6.31. The fourth-order valence-electron chi connectivity index (χ4n) is 3.37. The van der Waals surface area contributed by atoms with Crippen LogP contribution in [0.3, 0.4) is 0 Å². The maximum Gasteiger partial charge on any atom is 0.257 e. The number of para-hydroxylation sites is 1. The fourth-order valence-corrected chi connectivity index (χ4v) is 3.57. The average molecular weight is 420 g/mol. The molecule has 7 heteroatoms. The van der Waals surface area contributed by atoms with Crippen LogP contribution < -0.4 is 0 Å². The molecule has 30 heavy (non-hydrogen) atoms. The van der Waals surface area contributed by atoms with E-state index in [2.05, 4.69) is 5.10 Å².